The zero-order valence-corrected chi connectivity index (χ0v) is 11.0. The predicted octanol–water partition coefficient (Wildman–Crippen LogP) is 2.03. The van der Waals surface area contributed by atoms with E-state index in [0.29, 0.717) is 5.69 Å². The number of carbonyl (C=O) groups is 2. The van der Waals surface area contributed by atoms with Crippen LogP contribution >= 0.6 is 0 Å². The zero-order chi connectivity index (χ0) is 13.8. The van der Waals surface area contributed by atoms with Crippen molar-refractivity contribution in [3.63, 3.8) is 0 Å². The van der Waals surface area contributed by atoms with Gasteiger partial charge in [0.15, 0.2) is 0 Å². The number of nitrogens with zero attached hydrogens (tertiary/aromatic N) is 1. The molecular weight excluding hydrogens is 234 g/mol. The highest BCUT2D eigenvalue weighted by Gasteiger charge is 2.30. The second-order valence-corrected chi connectivity index (χ2v) is 4.78. The summed E-state index contributed by atoms with van der Waals surface area (Å²) in [5.74, 6) is -1.19. The van der Waals surface area contributed by atoms with E-state index in [2.05, 4.69) is 4.98 Å². The van der Waals surface area contributed by atoms with E-state index in [9.17, 15) is 9.59 Å². The number of hydrogen-bond acceptors (Lipinski definition) is 5. The SMILES string of the molecule is CC(=O)OC(C(=O)OC(C)(C)C)c1ccccn1. The topological polar surface area (TPSA) is 65.5 Å². The minimum atomic E-state index is -1.12. The molecule has 0 aliphatic heterocycles. The van der Waals surface area contributed by atoms with Crippen molar-refractivity contribution >= 4 is 11.9 Å². The van der Waals surface area contributed by atoms with Crippen LogP contribution in [0.3, 0.4) is 0 Å². The van der Waals surface area contributed by atoms with Crippen molar-refractivity contribution in [3.05, 3.63) is 30.1 Å². The number of ether oxygens (including phenoxy) is 2. The fourth-order valence-electron chi connectivity index (χ4n) is 1.28. The second kappa shape index (κ2) is 5.62. The third kappa shape index (κ3) is 4.53. The summed E-state index contributed by atoms with van der Waals surface area (Å²) in [5.41, 5.74) is -0.300. The lowest BCUT2D eigenvalue weighted by molar-refractivity contribution is -0.175. The largest absolute Gasteiger partial charge is 0.457 e. The molecule has 5 nitrogen and oxygen atoms in total. The van der Waals surface area contributed by atoms with E-state index in [1.165, 1.54) is 13.1 Å². The maximum Gasteiger partial charge on any atom is 0.354 e. The number of carbonyl (C=O) groups excluding carboxylic acids is 2. The van der Waals surface area contributed by atoms with Gasteiger partial charge in [0.25, 0.3) is 0 Å². The molecule has 1 heterocycles. The molecule has 0 saturated carbocycles. The quantitative estimate of drug-likeness (QED) is 0.769. The Morgan fingerprint density at radius 3 is 2.39 bits per heavy atom. The summed E-state index contributed by atoms with van der Waals surface area (Å²) in [7, 11) is 0. The summed E-state index contributed by atoms with van der Waals surface area (Å²) in [6, 6.07) is 5.03. The van der Waals surface area contributed by atoms with E-state index in [1.54, 1.807) is 39.0 Å². The van der Waals surface area contributed by atoms with Crippen LogP contribution in [0.4, 0.5) is 0 Å². The minimum absolute atomic E-state index is 0.349. The number of esters is 2. The first-order valence-corrected chi connectivity index (χ1v) is 5.60. The molecule has 0 fully saturated rings. The van der Waals surface area contributed by atoms with Gasteiger partial charge in [-0.05, 0) is 32.9 Å². The Morgan fingerprint density at radius 1 is 1.28 bits per heavy atom. The first kappa shape index (κ1) is 14.2. The number of hydrogen-bond donors (Lipinski definition) is 0. The summed E-state index contributed by atoms with van der Waals surface area (Å²) < 4.78 is 10.2. The molecule has 0 saturated heterocycles. The van der Waals surface area contributed by atoms with Gasteiger partial charge < -0.3 is 9.47 Å². The van der Waals surface area contributed by atoms with Crippen molar-refractivity contribution in [2.45, 2.75) is 39.4 Å². The molecule has 0 radical (unpaired) electrons. The van der Waals surface area contributed by atoms with Gasteiger partial charge in [-0.1, -0.05) is 6.07 Å². The minimum Gasteiger partial charge on any atom is -0.457 e. The molecule has 1 aromatic rings. The second-order valence-electron chi connectivity index (χ2n) is 4.78. The van der Waals surface area contributed by atoms with Crippen molar-refractivity contribution in [2.24, 2.45) is 0 Å². The van der Waals surface area contributed by atoms with Crippen LogP contribution in [0.2, 0.25) is 0 Å². The van der Waals surface area contributed by atoms with Crippen LogP contribution in [0, 0.1) is 0 Å². The molecule has 1 rings (SSSR count). The van der Waals surface area contributed by atoms with E-state index in [0.717, 1.165) is 0 Å². The van der Waals surface area contributed by atoms with Gasteiger partial charge in [0.05, 0.1) is 5.69 Å². The molecule has 0 bridgehead atoms. The van der Waals surface area contributed by atoms with Gasteiger partial charge >= 0.3 is 11.9 Å². The molecule has 1 unspecified atom stereocenters. The van der Waals surface area contributed by atoms with Gasteiger partial charge in [0.1, 0.15) is 5.60 Å². The zero-order valence-electron chi connectivity index (χ0n) is 11.0. The third-order valence-corrected chi connectivity index (χ3v) is 1.86. The molecule has 0 spiro atoms. The highest BCUT2D eigenvalue weighted by molar-refractivity contribution is 5.79. The Kier molecular flexibility index (Phi) is 4.42. The predicted molar refractivity (Wildman–Crippen MR) is 64.6 cm³/mol. The average molecular weight is 251 g/mol. The lowest BCUT2D eigenvalue weighted by Crippen LogP contribution is -2.30. The average Bonchev–Trinajstić information content (AvgIpc) is 2.24. The smallest absolute Gasteiger partial charge is 0.354 e. The Balaban J connectivity index is 2.92. The first-order chi connectivity index (χ1) is 8.29. The van der Waals surface area contributed by atoms with Crippen molar-refractivity contribution in [1.82, 2.24) is 4.98 Å². The van der Waals surface area contributed by atoms with Crippen LogP contribution in [0.5, 0.6) is 0 Å². The molecule has 0 amide bonds. The van der Waals surface area contributed by atoms with Gasteiger partial charge in [0, 0.05) is 13.1 Å². The number of pyridine rings is 1. The molecular formula is C13H17NO4. The molecule has 98 valence electrons. The van der Waals surface area contributed by atoms with Crippen LogP contribution in [-0.4, -0.2) is 22.5 Å². The highest BCUT2D eigenvalue weighted by atomic mass is 16.6. The summed E-state index contributed by atoms with van der Waals surface area (Å²) in [4.78, 5) is 27.0. The Hall–Kier alpha value is -1.91. The van der Waals surface area contributed by atoms with Gasteiger partial charge in [-0.2, -0.15) is 0 Å². The van der Waals surface area contributed by atoms with Gasteiger partial charge in [-0.25, -0.2) is 4.79 Å². The molecule has 0 aromatic carbocycles. The highest BCUT2D eigenvalue weighted by Crippen LogP contribution is 2.20. The fraction of sp³-hybridized carbons (Fsp3) is 0.462. The monoisotopic (exact) mass is 251 g/mol. The van der Waals surface area contributed by atoms with E-state index < -0.39 is 23.6 Å². The van der Waals surface area contributed by atoms with E-state index >= 15 is 0 Å². The van der Waals surface area contributed by atoms with Gasteiger partial charge in [-0.3, -0.25) is 9.78 Å². The van der Waals surface area contributed by atoms with Crippen LogP contribution in [0.15, 0.2) is 24.4 Å². The lowest BCUT2D eigenvalue weighted by atomic mass is 10.1. The first-order valence-electron chi connectivity index (χ1n) is 5.60. The summed E-state index contributed by atoms with van der Waals surface area (Å²) in [6.07, 6.45) is 0.402. The molecule has 0 aliphatic rings. The Morgan fingerprint density at radius 2 is 1.94 bits per heavy atom. The van der Waals surface area contributed by atoms with E-state index in [4.69, 9.17) is 9.47 Å². The number of rotatable bonds is 3. The standard InChI is InChI=1S/C13H17NO4/c1-9(15)17-11(10-7-5-6-8-14-10)12(16)18-13(2,3)4/h5-8,11H,1-4H3. The van der Waals surface area contributed by atoms with E-state index in [1.807, 2.05) is 0 Å². The summed E-state index contributed by atoms with van der Waals surface area (Å²) >= 11 is 0. The summed E-state index contributed by atoms with van der Waals surface area (Å²) in [6.45, 7) is 6.47. The molecule has 18 heavy (non-hydrogen) atoms. The van der Waals surface area contributed by atoms with Gasteiger partial charge in [0.2, 0.25) is 6.10 Å². The molecule has 1 aromatic heterocycles. The fourth-order valence-corrected chi connectivity index (χ4v) is 1.28. The van der Waals surface area contributed by atoms with Crippen LogP contribution < -0.4 is 0 Å². The van der Waals surface area contributed by atoms with Crippen LogP contribution in [-0.2, 0) is 19.1 Å². The van der Waals surface area contributed by atoms with Crippen molar-refractivity contribution in [3.8, 4) is 0 Å². The maximum absolute atomic E-state index is 12.0. The van der Waals surface area contributed by atoms with Crippen molar-refractivity contribution in [1.29, 1.82) is 0 Å². The third-order valence-electron chi connectivity index (χ3n) is 1.86. The Labute approximate surface area is 106 Å². The van der Waals surface area contributed by atoms with Gasteiger partial charge in [-0.15, -0.1) is 0 Å². The molecule has 5 heteroatoms. The van der Waals surface area contributed by atoms with Crippen molar-refractivity contribution < 1.29 is 19.1 Å². The van der Waals surface area contributed by atoms with Crippen LogP contribution in [0.25, 0.3) is 0 Å². The van der Waals surface area contributed by atoms with E-state index in [-0.39, 0.29) is 0 Å². The number of aromatic nitrogens is 1. The normalized spacial score (nSPS) is 12.7. The maximum atomic E-state index is 12.0. The molecule has 0 N–H and O–H groups in total. The lowest BCUT2D eigenvalue weighted by Gasteiger charge is -2.23. The van der Waals surface area contributed by atoms with Crippen molar-refractivity contribution in [2.75, 3.05) is 0 Å². The Bertz CT molecular complexity index is 422. The molecule has 1 atom stereocenters. The summed E-state index contributed by atoms with van der Waals surface area (Å²) in [5, 5.41) is 0. The molecule has 0 aliphatic carbocycles. The van der Waals surface area contributed by atoms with Crippen LogP contribution in [0.1, 0.15) is 39.5 Å².